The van der Waals surface area contributed by atoms with E-state index in [2.05, 4.69) is 22.9 Å². The zero-order valence-corrected chi connectivity index (χ0v) is 17.7. The van der Waals surface area contributed by atoms with Crippen molar-refractivity contribution < 1.29 is 13.9 Å². The van der Waals surface area contributed by atoms with Crippen molar-refractivity contribution in [3.8, 4) is 5.75 Å². The Morgan fingerprint density at radius 2 is 2.00 bits per heavy atom. The molecule has 4 nitrogen and oxygen atoms in total. The highest BCUT2D eigenvalue weighted by Gasteiger charge is 2.39. The van der Waals surface area contributed by atoms with Crippen LogP contribution in [-0.4, -0.2) is 41.3 Å². The summed E-state index contributed by atoms with van der Waals surface area (Å²) in [6.07, 6.45) is 4.65. The smallest absolute Gasteiger partial charge is 0.237 e. The highest BCUT2D eigenvalue weighted by atomic mass is 32.2. The molecule has 0 spiro atoms. The molecular formula is C24H27FN2O2S. The molecule has 2 atom stereocenters. The highest BCUT2D eigenvalue weighted by Crippen LogP contribution is 2.35. The van der Waals surface area contributed by atoms with Crippen molar-refractivity contribution in [2.45, 2.75) is 48.0 Å². The fraction of sp³-hybridized carbons (Fsp3) is 0.375. The molecule has 30 heavy (non-hydrogen) atoms. The van der Waals surface area contributed by atoms with Crippen LogP contribution in [0.1, 0.15) is 24.8 Å². The number of nitrogens with one attached hydrogen (secondary N) is 1. The van der Waals surface area contributed by atoms with Gasteiger partial charge >= 0.3 is 0 Å². The molecule has 0 aromatic heterocycles. The Morgan fingerprint density at radius 1 is 1.23 bits per heavy atom. The fourth-order valence-electron chi connectivity index (χ4n) is 3.77. The number of thioether (sulfide) groups is 1. The van der Waals surface area contributed by atoms with Gasteiger partial charge in [0.1, 0.15) is 18.2 Å². The van der Waals surface area contributed by atoms with E-state index in [4.69, 9.17) is 4.74 Å². The number of carbonyl (C=O) groups excluding carboxylic acids is 1. The van der Waals surface area contributed by atoms with Crippen molar-refractivity contribution >= 4 is 17.7 Å². The van der Waals surface area contributed by atoms with Crippen LogP contribution in [0.25, 0.3) is 0 Å². The molecule has 0 bridgehead atoms. The lowest BCUT2D eigenvalue weighted by Crippen LogP contribution is -2.43. The van der Waals surface area contributed by atoms with Crippen LogP contribution in [0, 0.1) is 5.82 Å². The largest absolute Gasteiger partial charge is 0.489 e. The molecule has 1 aliphatic heterocycles. The lowest BCUT2D eigenvalue weighted by molar-refractivity contribution is -0.125. The quantitative estimate of drug-likeness (QED) is 0.604. The van der Waals surface area contributed by atoms with Gasteiger partial charge in [-0.25, -0.2) is 4.39 Å². The van der Waals surface area contributed by atoms with E-state index in [0.717, 1.165) is 42.0 Å². The highest BCUT2D eigenvalue weighted by molar-refractivity contribution is 8.00. The normalized spacial score (nSPS) is 21.4. The van der Waals surface area contributed by atoms with Crippen LogP contribution in [0.5, 0.6) is 5.75 Å². The predicted molar refractivity (Wildman–Crippen MR) is 118 cm³/mol. The van der Waals surface area contributed by atoms with Gasteiger partial charge in [-0.05, 0) is 49.6 Å². The SMILES string of the molecule is C=CCOc1ccccc1CN1C[C@H](Sc2ccc(F)cc2)C[C@H]1C(=O)NC1CC1. The van der Waals surface area contributed by atoms with Crippen molar-refractivity contribution in [2.24, 2.45) is 0 Å². The van der Waals surface area contributed by atoms with Crippen molar-refractivity contribution in [3.05, 3.63) is 72.6 Å². The third kappa shape index (κ3) is 5.43. The summed E-state index contributed by atoms with van der Waals surface area (Å²) in [7, 11) is 0. The van der Waals surface area contributed by atoms with Gasteiger partial charge in [-0.2, -0.15) is 0 Å². The minimum atomic E-state index is -0.231. The van der Waals surface area contributed by atoms with Crippen molar-refractivity contribution in [2.75, 3.05) is 13.2 Å². The van der Waals surface area contributed by atoms with Crippen LogP contribution >= 0.6 is 11.8 Å². The number of likely N-dealkylation sites (tertiary alicyclic amines) is 1. The first-order valence-corrected chi connectivity index (χ1v) is 11.3. The summed E-state index contributed by atoms with van der Waals surface area (Å²) >= 11 is 1.72. The predicted octanol–water partition coefficient (Wildman–Crippen LogP) is 4.40. The van der Waals surface area contributed by atoms with Crippen molar-refractivity contribution in [3.63, 3.8) is 0 Å². The van der Waals surface area contributed by atoms with E-state index >= 15 is 0 Å². The molecule has 4 rings (SSSR count). The van der Waals surface area contributed by atoms with Crippen molar-refractivity contribution in [1.29, 1.82) is 0 Å². The monoisotopic (exact) mass is 426 g/mol. The van der Waals surface area contributed by atoms with Crippen LogP contribution < -0.4 is 10.1 Å². The number of hydrogen-bond acceptors (Lipinski definition) is 4. The standard InChI is InChI=1S/C24H27FN2O2S/c1-2-13-29-23-6-4-3-5-17(23)15-27-16-21(30-20-11-7-18(25)8-12-20)14-22(27)24(28)26-19-9-10-19/h2-8,11-12,19,21-22H,1,9-10,13-16H2,(H,26,28)/t21-,22+/m1/s1. The lowest BCUT2D eigenvalue weighted by Gasteiger charge is -2.24. The Hall–Kier alpha value is -2.31. The summed E-state index contributed by atoms with van der Waals surface area (Å²) in [5, 5.41) is 3.44. The van der Waals surface area contributed by atoms with Crippen LogP contribution in [0.3, 0.4) is 0 Å². The first-order chi connectivity index (χ1) is 14.6. The Balaban J connectivity index is 1.48. The molecule has 0 radical (unpaired) electrons. The second kappa shape index (κ2) is 9.67. The van der Waals surface area contributed by atoms with Gasteiger partial charge in [-0.1, -0.05) is 30.9 Å². The Bertz CT molecular complexity index is 885. The molecule has 1 saturated carbocycles. The summed E-state index contributed by atoms with van der Waals surface area (Å²) in [5.74, 6) is 0.711. The van der Waals surface area contributed by atoms with Gasteiger partial charge in [0.25, 0.3) is 0 Å². The van der Waals surface area contributed by atoms with Gasteiger partial charge in [0.15, 0.2) is 0 Å². The Kier molecular flexibility index (Phi) is 6.75. The molecule has 2 aliphatic rings. The van der Waals surface area contributed by atoms with E-state index in [1.165, 1.54) is 12.1 Å². The van der Waals surface area contributed by atoms with E-state index in [-0.39, 0.29) is 23.0 Å². The van der Waals surface area contributed by atoms with Crippen LogP contribution in [-0.2, 0) is 11.3 Å². The van der Waals surface area contributed by atoms with Gasteiger partial charge in [0, 0.05) is 34.8 Å². The molecule has 2 aromatic rings. The zero-order chi connectivity index (χ0) is 20.9. The first-order valence-electron chi connectivity index (χ1n) is 10.4. The topological polar surface area (TPSA) is 41.6 Å². The van der Waals surface area contributed by atoms with E-state index in [9.17, 15) is 9.18 Å². The number of halogens is 1. The summed E-state index contributed by atoms with van der Waals surface area (Å²) in [4.78, 5) is 16.2. The maximum atomic E-state index is 13.2. The number of rotatable bonds is 9. The number of nitrogens with zero attached hydrogens (tertiary/aromatic N) is 1. The summed E-state index contributed by atoms with van der Waals surface area (Å²) in [6, 6.07) is 14.7. The molecule has 1 heterocycles. The maximum Gasteiger partial charge on any atom is 0.237 e. The van der Waals surface area contributed by atoms with Gasteiger partial charge < -0.3 is 10.1 Å². The first kappa shape index (κ1) is 20.9. The van der Waals surface area contributed by atoms with E-state index in [1.54, 1.807) is 30.0 Å². The van der Waals surface area contributed by atoms with Crippen LogP contribution in [0.4, 0.5) is 4.39 Å². The van der Waals surface area contributed by atoms with E-state index in [1.807, 2.05) is 18.2 Å². The van der Waals surface area contributed by atoms with Gasteiger partial charge in [0.2, 0.25) is 5.91 Å². The molecule has 2 fully saturated rings. The molecule has 1 saturated heterocycles. The number of carbonyl (C=O) groups is 1. The zero-order valence-electron chi connectivity index (χ0n) is 16.9. The molecule has 1 N–H and O–H groups in total. The summed E-state index contributed by atoms with van der Waals surface area (Å²) in [5.41, 5.74) is 1.07. The minimum Gasteiger partial charge on any atom is -0.489 e. The third-order valence-corrected chi connectivity index (χ3v) is 6.63. The maximum absolute atomic E-state index is 13.2. The Labute approximate surface area is 181 Å². The third-order valence-electron chi connectivity index (χ3n) is 5.41. The number of hydrogen-bond donors (Lipinski definition) is 1. The molecule has 1 aliphatic carbocycles. The Morgan fingerprint density at radius 3 is 2.73 bits per heavy atom. The van der Waals surface area contributed by atoms with Crippen molar-refractivity contribution in [1.82, 2.24) is 10.2 Å². The van der Waals surface area contributed by atoms with Crippen LogP contribution in [0.15, 0.2) is 66.1 Å². The second-order valence-corrected chi connectivity index (χ2v) is 9.24. The van der Waals surface area contributed by atoms with Crippen LogP contribution in [0.2, 0.25) is 0 Å². The molecule has 6 heteroatoms. The van der Waals surface area contributed by atoms with Gasteiger partial charge in [-0.15, -0.1) is 11.8 Å². The summed E-state index contributed by atoms with van der Waals surface area (Å²) < 4.78 is 19.1. The lowest BCUT2D eigenvalue weighted by atomic mass is 10.1. The molecule has 2 aromatic carbocycles. The minimum absolute atomic E-state index is 0.115. The number of amides is 1. The molecule has 158 valence electrons. The average Bonchev–Trinajstić information content (AvgIpc) is 3.47. The van der Waals surface area contributed by atoms with E-state index in [0.29, 0.717) is 19.2 Å². The van der Waals surface area contributed by atoms with Gasteiger partial charge in [-0.3, -0.25) is 9.69 Å². The second-order valence-electron chi connectivity index (χ2n) is 7.86. The molecule has 0 unspecified atom stereocenters. The number of para-hydroxylation sites is 1. The van der Waals surface area contributed by atoms with Gasteiger partial charge in [0.05, 0.1) is 6.04 Å². The molecule has 1 amide bonds. The van der Waals surface area contributed by atoms with E-state index < -0.39 is 0 Å². The fourth-order valence-corrected chi connectivity index (χ4v) is 4.99. The number of benzene rings is 2. The summed E-state index contributed by atoms with van der Waals surface area (Å²) in [6.45, 7) is 5.61. The number of ether oxygens (including phenoxy) is 1. The molecular weight excluding hydrogens is 399 g/mol. The average molecular weight is 427 g/mol.